The number of carbonyl (C=O) groups excluding carboxylic acids is 3. The maximum absolute atomic E-state index is 12.9. The number of carbonyl (C=O) groups is 3. The Morgan fingerprint density at radius 3 is 0.808 bits per heavy atom. The minimum absolute atomic E-state index is 0.0872. The van der Waals surface area contributed by atoms with Crippen LogP contribution in [0.15, 0.2) is 85.1 Å². The lowest BCUT2D eigenvalue weighted by Crippen LogP contribution is -2.30. The molecular weight excluding hydrogens is 961 g/mol. The minimum atomic E-state index is -0.793. The van der Waals surface area contributed by atoms with E-state index in [0.29, 0.717) is 19.3 Å². The molecule has 0 aromatic heterocycles. The van der Waals surface area contributed by atoms with Gasteiger partial charge in [-0.05, 0) is 116 Å². The summed E-state index contributed by atoms with van der Waals surface area (Å²) in [5.41, 5.74) is 0. The Morgan fingerprint density at radius 2 is 0.500 bits per heavy atom. The van der Waals surface area contributed by atoms with Gasteiger partial charge in [-0.2, -0.15) is 0 Å². The highest BCUT2D eigenvalue weighted by Gasteiger charge is 2.19. The van der Waals surface area contributed by atoms with Gasteiger partial charge in [0.2, 0.25) is 0 Å². The standard InChI is InChI=1S/C72H126O6/c1-4-7-10-13-16-19-22-25-27-29-31-32-33-34-35-36-37-38-39-40-41-43-44-47-50-53-56-59-62-65-71(74)77-68-69(67-76-70(73)64-61-58-55-52-49-46-24-21-18-15-12-9-6-3)78-72(75)66-63-60-57-54-51-48-45-42-30-28-26-23-20-17-14-11-8-5-2/h9,12,18,20-23,25,28-31,46,49,69H,4-8,10-11,13-17,19,24,26-27,32-45,47-48,50-68H2,1-3H3/b12-9-,21-18-,23-20-,25-22-,30-28-,31-29-,49-46-. The Bertz CT molecular complexity index is 1480. The number of ether oxygens (including phenoxy) is 3. The third kappa shape index (κ3) is 63.4. The molecule has 0 aromatic carbocycles. The van der Waals surface area contributed by atoms with Crippen molar-refractivity contribution in [2.45, 2.75) is 341 Å². The van der Waals surface area contributed by atoms with Crippen LogP contribution in [0.1, 0.15) is 335 Å². The van der Waals surface area contributed by atoms with E-state index in [2.05, 4.69) is 106 Å². The fraction of sp³-hybridized carbons (Fsp3) is 0.764. The van der Waals surface area contributed by atoms with Crippen LogP contribution in [0.4, 0.5) is 0 Å². The average Bonchev–Trinajstić information content (AvgIpc) is 3.44. The minimum Gasteiger partial charge on any atom is -0.462 e. The molecular formula is C72H126O6. The van der Waals surface area contributed by atoms with E-state index in [-0.39, 0.29) is 31.1 Å². The molecule has 0 radical (unpaired) electrons. The lowest BCUT2D eigenvalue weighted by molar-refractivity contribution is -0.167. The highest BCUT2D eigenvalue weighted by Crippen LogP contribution is 2.17. The number of hydrogen-bond acceptors (Lipinski definition) is 6. The zero-order valence-corrected chi connectivity index (χ0v) is 51.7. The summed E-state index contributed by atoms with van der Waals surface area (Å²) in [7, 11) is 0. The van der Waals surface area contributed by atoms with E-state index in [9.17, 15) is 14.4 Å². The van der Waals surface area contributed by atoms with Crippen LogP contribution in [0.2, 0.25) is 0 Å². The summed E-state index contributed by atoms with van der Waals surface area (Å²) in [4.78, 5) is 38.3. The van der Waals surface area contributed by atoms with Gasteiger partial charge >= 0.3 is 17.9 Å². The van der Waals surface area contributed by atoms with Gasteiger partial charge in [-0.1, -0.05) is 286 Å². The lowest BCUT2D eigenvalue weighted by atomic mass is 10.0. The predicted octanol–water partition coefficient (Wildman–Crippen LogP) is 23.1. The fourth-order valence-electron chi connectivity index (χ4n) is 9.58. The number of esters is 3. The van der Waals surface area contributed by atoms with Crippen LogP contribution in [0, 0.1) is 0 Å². The zero-order valence-electron chi connectivity index (χ0n) is 51.7. The van der Waals surface area contributed by atoms with Crippen LogP contribution < -0.4 is 0 Å². The lowest BCUT2D eigenvalue weighted by Gasteiger charge is -2.18. The van der Waals surface area contributed by atoms with Gasteiger partial charge in [0.05, 0.1) is 0 Å². The molecule has 0 aromatic rings. The summed E-state index contributed by atoms with van der Waals surface area (Å²) in [6.45, 7) is 6.50. The molecule has 0 saturated carbocycles. The molecule has 0 saturated heterocycles. The van der Waals surface area contributed by atoms with Gasteiger partial charge in [0.25, 0.3) is 0 Å². The Hall–Kier alpha value is -3.41. The third-order valence-electron chi connectivity index (χ3n) is 14.6. The highest BCUT2D eigenvalue weighted by molar-refractivity contribution is 5.71. The van der Waals surface area contributed by atoms with Crippen molar-refractivity contribution >= 4 is 17.9 Å². The molecule has 0 rings (SSSR count). The van der Waals surface area contributed by atoms with Gasteiger partial charge < -0.3 is 14.2 Å². The normalized spacial score (nSPS) is 12.6. The molecule has 0 aliphatic heterocycles. The van der Waals surface area contributed by atoms with E-state index < -0.39 is 6.10 Å². The molecule has 0 spiro atoms. The van der Waals surface area contributed by atoms with Crippen molar-refractivity contribution in [3.63, 3.8) is 0 Å². The van der Waals surface area contributed by atoms with E-state index in [0.717, 1.165) is 103 Å². The molecule has 0 heterocycles. The summed E-state index contributed by atoms with van der Waals surface area (Å²) < 4.78 is 16.9. The second-order valence-electron chi connectivity index (χ2n) is 22.3. The van der Waals surface area contributed by atoms with E-state index in [4.69, 9.17) is 14.2 Å². The first-order valence-corrected chi connectivity index (χ1v) is 33.6. The summed E-state index contributed by atoms with van der Waals surface area (Å²) in [5.74, 6) is -0.912. The quantitative estimate of drug-likeness (QED) is 0.0261. The SMILES string of the molecule is CC/C=C\C/C=C\C/C=C\CCCCCC(=O)OCC(COC(=O)CCCCCCCCCCCCCCCCCCC/C=C\C/C=C\CCCCCCC)OC(=O)CCCCCCCCC/C=C\C/C=C\CCCCCC. The van der Waals surface area contributed by atoms with E-state index in [1.807, 2.05) is 0 Å². The van der Waals surface area contributed by atoms with Crippen molar-refractivity contribution in [1.82, 2.24) is 0 Å². The Balaban J connectivity index is 4.24. The second-order valence-corrected chi connectivity index (χ2v) is 22.3. The Kier molecular flexibility index (Phi) is 63.2. The smallest absolute Gasteiger partial charge is 0.306 e. The molecule has 0 amide bonds. The summed E-state index contributed by atoms with van der Waals surface area (Å²) >= 11 is 0. The molecule has 0 aliphatic carbocycles. The number of rotatable bonds is 61. The van der Waals surface area contributed by atoms with Crippen LogP contribution in [0.5, 0.6) is 0 Å². The number of hydrogen-bond donors (Lipinski definition) is 0. The van der Waals surface area contributed by atoms with Crippen LogP contribution in [0.3, 0.4) is 0 Å². The first-order chi connectivity index (χ1) is 38.5. The van der Waals surface area contributed by atoms with Crippen molar-refractivity contribution in [1.29, 1.82) is 0 Å². The molecule has 6 nitrogen and oxygen atoms in total. The predicted molar refractivity (Wildman–Crippen MR) is 339 cm³/mol. The van der Waals surface area contributed by atoms with Crippen LogP contribution in [-0.4, -0.2) is 37.2 Å². The summed E-state index contributed by atoms with van der Waals surface area (Å²) in [6.07, 6.45) is 87.5. The monoisotopic (exact) mass is 1090 g/mol. The van der Waals surface area contributed by atoms with E-state index >= 15 is 0 Å². The number of unbranched alkanes of at least 4 members (excludes halogenated alkanes) is 36. The van der Waals surface area contributed by atoms with Gasteiger partial charge in [-0.25, -0.2) is 0 Å². The van der Waals surface area contributed by atoms with Crippen molar-refractivity contribution in [2.24, 2.45) is 0 Å². The summed E-state index contributed by atoms with van der Waals surface area (Å²) in [6, 6.07) is 0. The third-order valence-corrected chi connectivity index (χ3v) is 14.6. The Morgan fingerprint density at radius 1 is 0.269 bits per heavy atom. The highest BCUT2D eigenvalue weighted by atomic mass is 16.6. The summed E-state index contributed by atoms with van der Waals surface area (Å²) in [5, 5.41) is 0. The Labute approximate surface area is 484 Å². The van der Waals surface area contributed by atoms with Gasteiger partial charge in [-0.3, -0.25) is 14.4 Å². The molecule has 1 atom stereocenters. The molecule has 1 unspecified atom stereocenters. The van der Waals surface area contributed by atoms with Crippen molar-refractivity contribution in [3.8, 4) is 0 Å². The molecule has 0 N–H and O–H groups in total. The fourth-order valence-corrected chi connectivity index (χ4v) is 9.58. The first kappa shape index (κ1) is 74.6. The zero-order chi connectivity index (χ0) is 56.4. The van der Waals surface area contributed by atoms with Gasteiger partial charge in [0.15, 0.2) is 6.10 Å². The second kappa shape index (κ2) is 66.1. The van der Waals surface area contributed by atoms with Crippen LogP contribution in [-0.2, 0) is 28.6 Å². The molecule has 0 aliphatic rings. The van der Waals surface area contributed by atoms with Crippen LogP contribution in [0.25, 0.3) is 0 Å². The van der Waals surface area contributed by atoms with E-state index in [1.165, 1.54) is 193 Å². The topological polar surface area (TPSA) is 78.9 Å². The maximum atomic E-state index is 12.9. The molecule has 78 heavy (non-hydrogen) atoms. The van der Waals surface area contributed by atoms with Gasteiger partial charge in [0.1, 0.15) is 13.2 Å². The molecule has 0 fully saturated rings. The first-order valence-electron chi connectivity index (χ1n) is 33.6. The van der Waals surface area contributed by atoms with Gasteiger partial charge in [-0.15, -0.1) is 0 Å². The number of allylic oxidation sites excluding steroid dienone is 14. The molecule has 6 heteroatoms. The molecule has 450 valence electrons. The van der Waals surface area contributed by atoms with Gasteiger partial charge in [0, 0.05) is 19.3 Å². The van der Waals surface area contributed by atoms with E-state index in [1.54, 1.807) is 0 Å². The largest absolute Gasteiger partial charge is 0.462 e. The maximum Gasteiger partial charge on any atom is 0.306 e. The molecule has 0 bridgehead atoms. The van der Waals surface area contributed by atoms with Crippen molar-refractivity contribution in [2.75, 3.05) is 13.2 Å². The van der Waals surface area contributed by atoms with Crippen molar-refractivity contribution < 1.29 is 28.6 Å². The van der Waals surface area contributed by atoms with Crippen LogP contribution >= 0.6 is 0 Å². The van der Waals surface area contributed by atoms with Crippen molar-refractivity contribution in [3.05, 3.63) is 85.1 Å². The average molecular weight is 1090 g/mol.